The number of carboxylic acids is 1. The van der Waals surface area contributed by atoms with Crippen molar-refractivity contribution in [2.45, 2.75) is 20.0 Å². The van der Waals surface area contributed by atoms with Crippen LogP contribution in [-0.4, -0.2) is 22.6 Å². The molecule has 0 bridgehead atoms. The summed E-state index contributed by atoms with van der Waals surface area (Å²) in [6.07, 6.45) is -3.87. The van der Waals surface area contributed by atoms with E-state index in [0.29, 0.717) is 6.20 Å². The van der Waals surface area contributed by atoms with Gasteiger partial charge in [0.1, 0.15) is 5.82 Å². The number of hydrogen-bond acceptors (Lipinski definition) is 3. The van der Waals surface area contributed by atoms with Gasteiger partial charge in [0.25, 0.3) is 0 Å². The molecule has 0 spiro atoms. The molecule has 0 amide bonds. The maximum atomic E-state index is 12.4. The summed E-state index contributed by atoms with van der Waals surface area (Å²) in [6.45, 7) is 3.51. The first-order valence-electron chi connectivity index (χ1n) is 5.82. The second-order valence-electron chi connectivity index (χ2n) is 4.62. The average Bonchev–Trinajstić information content (AvgIpc) is 2.28. The highest BCUT2D eigenvalue weighted by Crippen LogP contribution is 2.32. The van der Waals surface area contributed by atoms with E-state index in [1.807, 2.05) is 0 Å². The summed E-state index contributed by atoms with van der Waals surface area (Å²) >= 11 is 5.71. The van der Waals surface area contributed by atoms with Crippen molar-refractivity contribution in [3.8, 4) is 0 Å². The van der Waals surface area contributed by atoms with Crippen LogP contribution in [0.1, 0.15) is 19.4 Å². The van der Waals surface area contributed by atoms with Crippen LogP contribution in [0.15, 0.2) is 12.3 Å². The smallest absolute Gasteiger partial charge is 0.417 e. The topological polar surface area (TPSA) is 62.2 Å². The molecule has 1 rings (SSSR count). The van der Waals surface area contributed by atoms with Gasteiger partial charge in [-0.05, 0) is 12.0 Å². The molecule has 0 aromatic carbocycles. The molecule has 1 aromatic rings. The van der Waals surface area contributed by atoms with Crippen LogP contribution in [0.25, 0.3) is 0 Å². The number of carboxylic acid groups (broad SMARTS) is 1. The van der Waals surface area contributed by atoms with Crippen LogP contribution in [-0.2, 0) is 11.0 Å². The van der Waals surface area contributed by atoms with Gasteiger partial charge in [0.05, 0.1) is 16.5 Å². The Balaban J connectivity index is 2.82. The van der Waals surface area contributed by atoms with Crippen molar-refractivity contribution in [2.75, 3.05) is 11.9 Å². The van der Waals surface area contributed by atoms with E-state index in [9.17, 15) is 18.0 Å². The fraction of sp³-hybridized carbons (Fsp3) is 0.500. The monoisotopic (exact) mass is 310 g/mol. The molecule has 0 aliphatic carbocycles. The maximum absolute atomic E-state index is 12.4. The summed E-state index contributed by atoms with van der Waals surface area (Å²) in [5, 5.41) is 11.5. The Bertz CT molecular complexity index is 492. The lowest BCUT2D eigenvalue weighted by molar-refractivity contribution is -0.142. The first kappa shape index (κ1) is 16.6. The molecule has 0 aliphatic rings. The largest absolute Gasteiger partial charge is 0.481 e. The molecule has 1 aromatic heterocycles. The van der Waals surface area contributed by atoms with Crippen LogP contribution in [0.4, 0.5) is 19.0 Å². The number of rotatable bonds is 5. The minimum Gasteiger partial charge on any atom is -0.481 e. The third-order valence-corrected chi connectivity index (χ3v) is 3.07. The summed E-state index contributed by atoms with van der Waals surface area (Å²) in [7, 11) is 0. The van der Waals surface area contributed by atoms with E-state index in [4.69, 9.17) is 16.7 Å². The minimum atomic E-state index is -4.52. The SMILES string of the molecule is CC(C)C(CNc1ncc(C(F)(F)F)cc1Cl)C(=O)O. The molecule has 1 unspecified atom stereocenters. The van der Waals surface area contributed by atoms with Crippen molar-refractivity contribution >= 4 is 23.4 Å². The van der Waals surface area contributed by atoms with Crippen LogP contribution in [0, 0.1) is 11.8 Å². The van der Waals surface area contributed by atoms with Crippen LogP contribution in [0.2, 0.25) is 5.02 Å². The van der Waals surface area contributed by atoms with Crippen molar-refractivity contribution in [2.24, 2.45) is 11.8 Å². The van der Waals surface area contributed by atoms with Gasteiger partial charge in [-0.2, -0.15) is 13.2 Å². The predicted molar refractivity (Wildman–Crippen MR) is 68.7 cm³/mol. The van der Waals surface area contributed by atoms with Gasteiger partial charge in [0.15, 0.2) is 0 Å². The van der Waals surface area contributed by atoms with Gasteiger partial charge in [0, 0.05) is 12.7 Å². The molecule has 1 atom stereocenters. The molecular formula is C12H14ClF3N2O2. The Morgan fingerprint density at radius 1 is 1.50 bits per heavy atom. The Labute approximate surface area is 119 Å². The number of hydrogen-bond donors (Lipinski definition) is 2. The van der Waals surface area contributed by atoms with Crippen LogP contribution in [0.3, 0.4) is 0 Å². The fourth-order valence-corrected chi connectivity index (χ4v) is 1.77. The van der Waals surface area contributed by atoms with E-state index in [0.717, 1.165) is 6.07 Å². The number of carbonyl (C=O) groups is 1. The van der Waals surface area contributed by atoms with E-state index >= 15 is 0 Å². The second-order valence-corrected chi connectivity index (χ2v) is 5.03. The predicted octanol–water partition coefficient (Wildman–Crippen LogP) is 3.52. The van der Waals surface area contributed by atoms with Gasteiger partial charge in [-0.3, -0.25) is 4.79 Å². The molecule has 1 heterocycles. The number of alkyl halides is 3. The van der Waals surface area contributed by atoms with Crippen LogP contribution < -0.4 is 5.32 Å². The lowest BCUT2D eigenvalue weighted by atomic mass is 9.96. The highest BCUT2D eigenvalue weighted by molar-refractivity contribution is 6.32. The molecular weight excluding hydrogens is 297 g/mol. The lowest BCUT2D eigenvalue weighted by Crippen LogP contribution is -2.27. The molecule has 2 N–H and O–H groups in total. The number of nitrogens with one attached hydrogen (secondary N) is 1. The zero-order valence-corrected chi connectivity index (χ0v) is 11.6. The Morgan fingerprint density at radius 2 is 2.10 bits per heavy atom. The van der Waals surface area contributed by atoms with Crippen molar-refractivity contribution in [1.82, 2.24) is 4.98 Å². The van der Waals surface area contributed by atoms with Crippen molar-refractivity contribution in [3.63, 3.8) is 0 Å². The molecule has 0 saturated heterocycles. The van der Waals surface area contributed by atoms with E-state index < -0.39 is 23.6 Å². The van der Waals surface area contributed by atoms with Crippen molar-refractivity contribution in [3.05, 3.63) is 22.8 Å². The minimum absolute atomic E-state index is 0.0328. The van der Waals surface area contributed by atoms with E-state index in [1.54, 1.807) is 13.8 Å². The van der Waals surface area contributed by atoms with Crippen LogP contribution in [0.5, 0.6) is 0 Å². The molecule has 0 fully saturated rings. The van der Waals surface area contributed by atoms with Gasteiger partial charge in [-0.15, -0.1) is 0 Å². The number of aliphatic carboxylic acids is 1. The standard InChI is InChI=1S/C12H14ClF3N2O2/c1-6(2)8(11(19)20)5-18-10-9(13)3-7(4-17-10)12(14,15)16/h3-4,6,8H,5H2,1-2H3,(H,17,18)(H,19,20). The molecule has 8 heteroatoms. The van der Waals surface area contributed by atoms with Gasteiger partial charge in [-0.1, -0.05) is 25.4 Å². The fourth-order valence-electron chi connectivity index (χ4n) is 1.54. The number of pyridine rings is 1. The molecule has 0 saturated carbocycles. The summed E-state index contributed by atoms with van der Waals surface area (Å²) in [4.78, 5) is 14.6. The van der Waals surface area contributed by atoms with Crippen molar-refractivity contribution < 1.29 is 23.1 Å². The number of halogens is 4. The highest BCUT2D eigenvalue weighted by atomic mass is 35.5. The Morgan fingerprint density at radius 3 is 2.50 bits per heavy atom. The average molecular weight is 311 g/mol. The number of nitrogens with zero attached hydrogens (tertiary/aromatic N) is 1. The third kappa shape index (κ3) is 4.26. The lowest BCUT2D eigenvalue weighted by Gasteiger charge is -2.18. The summed E-state index contributed by atoms with van der Waals surface area (Å²) in [5.74, 6) is -1.77. The maximum Gasteiger partial charge on any atom is 0.417 e. The number of anilines is 1. The van der Waals surface area contributed by atoms with Gasteiger partial charge < -0.3 is 10.4 Å². The number of aromatic nitrogens is 1. The molecule has 20 heavy (non-hydrogen) atoms. The van der Waals surface area contributed by atoms with E-state index in [2.05, 4.69) is 10.3 Å². The quantitative estimate of drug-likeness (QED) is 0.873. The third-order valence-electron chi connectivity index (χ3n) is 2.78. The first-order chi connectivity index (χ1) is 9.12. The van der Waals surface area contributed by atoms with Gasteiger partial charge in [-0.25, -0.2) is 4.98 Å². The first-order valence-corrected chi connectivity index (χ1v) is 6.20. The Kier molecular flexibility index (Phi) is 5.21. The Hall–Kier alpha value is -1.50. The highest BCUT2D eigenvalue weighted by Gasteiger charge is 2.31. The van der Waals surface area contributed by atoms with E-state index in [-0.39, 0.29) is 23.3 Å². The molecule has 0 radical (unpaired) electrons. The second kappa shape index (κ2) is 6.30. The van der Waals surface area contributed by atoms with Crippen molar-refractivity contribution in [1.29, 1.82) is 0 Å². The zero-order chi connectivity index (χ0) is 15.5. The summed E-state index contributed by atoms with van der Waals surface area (Å²) in [6, 6.07) is 0.752. The summed E-state index contributed by atoms with van der Waals surface area (Å²) < 4.78 is 37.3. The van der Waals surface area contributed by atoms with Crippen LogP contribution >= 0.6 is 11.6 Å². The molecule has 112 valence electrons. The molecule has 0 aliphatic heterocycles. The van der Waals surface area contributed by atoms with E-state index in [1.165, 1.54) is 0 Å². The molecule has 4 nitrogen and oxygen atoms in total. The zero-order valence-electron chi connectivity index (χ0n) is 10.8. The summed E-state index contributed by atoms with van der Waals surface area (Å²) in [5.41, 5.74) is -0.952. The van der Waals surface area contributed by atoms with Gasteiger partial charge >= 0.3 is 12.1 Å². The van der Waals surface area contributed by atoms with Gasteiger partial charge in [0.2, 0.25) is 0 Å². The normalized spacial score (nSPS) is 13.3.